The monoisotopic (exact) mass is 395 g/mol. The summed E-state index contributed by atoms with van der Waals surface area (Å²) in [5, 5.41) is 3.34. The number of benzene rings is 2. The van der Waals surface area contributed by atoms with E-state index in [-0.39, 0.29) is 17.0 Å². The van der Waals surface area contributed by atoms with Gasteiger partial charge in [0, 0.05) is 21.1 Å². The predicted octanol–water partition coefficient (Wildman–Crippen LogP) is 3.77. The quantitative estimate of drug-likeness (QED) is 0.407. The van der Waals surface area contributed by atoms with Crippen molar-refractivity contribution < 1.29 is 14.0 Å². The van der Waals surface area contributed by atoms with Gasteiger partial charge in [-0.3, -0.25) is 9.59 Å². The van der Waals surface area contributed by atoms with E-state index in [0.717, 1.165) is 4.47 Å². The first-order valence-electron chi connectivity index (χ1n) is 7.43. The first-order valence-corrected chi connectivity index (χ1v) is 8.22. The molecule has 5 nitrogen and oxygen atoms in total. The highest BCUT2D eigenvalue weighted by molar-refractivity contribution is 9.10. The third-order valence-electron chi connectivity index (χ3n) is 3.95. The minimum absolute atomic E-state index is 0.109. The average Bonchev–Trinajstić information content (AvgIpc) is 2.89. The molecule has 0 spiro atoms. The van der Waals surface area contributed by atoms with Crippen LogP contribution in [0.15, 0.2) is 68.3 Å². The van der Waals surface area contributed by atoms with Crippen LogP contribution in [-0.2, 0) is 4.79 Å². The van der Waals surface area contributed by atoms with Crippen LogP contribution in [0, 0.1) is 0 Å². The maximum absolute atomic E-state index is 12.6. The molecule has 0 saturated carbocycles. The van der Waals surface area contributed by atoms with Gasteiger partial charge in [-0.1, -0.05) is 34.1 Å². The van der Waals surface area contributed by atoms with Crippen LogP contribution >= 0.6 is 15.9 Å². The molecule has 25 heavy (non-hydrogen) atoms. The van der Waals surface area contributed by atoms with E-state index in [1.165, 1.54) is 12.1 Å². The van der Waals surface area contributed by atoms with Gasteiger partial charge < -0.3 is 9.73 Å². The van der Waals surface area contributed by atoms with Crippen molar-refractivity contribution in [1.29, 1.82) is 0 Å². The molecule has 2 aromatic carbocycles. The zero-order chi connectivity index (χ0) is 17.6. The van der Waals surface area contributed by atoms with Crippen molar-refractivity contribution in [2.45, 2.75) is 0 Å². The molecule has 1 aliphatic rings. The highest BCUT2D eigenvalue weighted by atomic mass is 79.9. The highest BCUT2D eigenvalue weighted by Crippen LogP contribution is 2.34. The van der Waals surface area contributed by atoms with E-state index in [1.807, 2.05) is 0 Å². The fraction of sp³-hybridized carbons (Fsp3) is 0. The molecule has 0 saturated heterocycles. The number of allylic oxidation sites excluding steroid dienone is 1. The molecule has 0 fully saturated rings. The summed E-state index contributed by atoms with van der Waals surface area (Å²) in [7, 11) is 0. The molecule has 1 amide bonds. The number of rotatable bonds is 2. The summed E-state index contributed by atoms with van der Waals surface area (Å²) in [6.45, 7) is 0. The number of amides is 1. The fourth-order valence-electron chi connectivity index (χ4n) is 2.75. The predicted molar refractivity (Wildman–Crippen MR) is 97.6 cm³/mol. The Bertz CT molecular complexity index is 1140. The molecule has 1 aliphatic heterocycles. The van der Waals surface area contributed by atoms with Crippen LogP contribution in [0.4, 0.5) is 5.69 Å². The van der Waals surface area contributed by atoms with Crippen LogP contribution in [-0.4, -0.2) is 11.7 Å². The van der Waals surface area contributed by atoms with Crippen molar-refractivity contribution in [3.8, 4) is 0 Å². The Morgan fingerprint density at radius 1 is 1.08 bits per heavy atom. The lowest BCUT2D eigenvalue weighted by Crippen LogP contribution is -2.13. The minimum atomic E-state index is -0.728. The zero-order valence-electron chi connectivity index (χ0n) is 12.7. The third kappa shape index (κ3) is 2.70. The normalized spacial score (nSPS) is 14.6. The van der Waals surface area contributed by atoms with Crippen molar-refractivity contribution in [2.24, 2.45) is 0 Å². The lowest BCUT2D eigenvalue weighted by molar-refractivity contribution is -0.110. The number of anilines is 1. The molecular formula is C19H10BrNO4. The molecule has 0 unspecified atom stereocenters. The van der Waals surface area contributed by atoms with E-state index < -0.39 is 11.4 Å². The molecule has 0 atom stereocenters. The molecule has 1 aromatic heterocycles. The smallest absolute Gasteiger partial charge is 0.347 e. The number of para-hydroxylation sites is 1. The van der Waals surface area contributed by atoms with Crippen LogP contribution in [0.1, 0.15) is 15.9 Å². The second-order valence-corrected chi connectivity index (χ2v) is 6.47. The first kappa shape index (κ1) is 15.5. The van der Waals surface area contributed by atoms with E-state index in [1.54, 1.807) is 42.5 Å². The van der Waals surface area contributed by atoms with Crippen LogP contribution < -0.4 is 10.9 Å². The maximum atomic E-state index is 12.6. The van der Waals surface area contributed by atoms with Gasteiger partial charge in [-0.05, 0) is 36.4 Å². The number of halogens is 1. The summed E-state index contributed by atoms with van der Waals surface area (Å²) >= 11 is 3.35. The van der Waals surface area contributed by atoms with Crippen LogP contribution in [0.2, 0.25) is 0 Å². The van der Waals surface area contributed by atoms with Gasteiger partial charge in [-0.15, -0.1) is 0 Å². The van der Waals surface area contributed by atoms with Gasteiger partial charge in [0.05, 0.1) is 5.57 Å². The molecule has 4 rings (SSSR count). The summed E-state index contributed by atoms with van der Waals surface area (Å²) in [5.74, 6) is -0.955. The Balaban J connectivity index is 1.82. The first-order chi connectivity index (χ1) is 12.0. The summed E-state index contributed by atoms with van der Waals surface area (Å²) in [5.41, 5.74) is 1.02. The molecular weight excluding hydrogens is 386 g/mol. The molecule has 122 valence electrons. The van der Waals surface area contributed by atoms with Gasteiger partial charge in [0.1, 0.15) is 11.1 Å². The van der Waals surface area contributed by atoms with Crippen molar-refractivity contribution in [1.82, 2.24) is 0 Å². The Labute approximate surface area is 150 Å². The Morgan fingerprint density at radius 3 is 2.72 bits per heavy atom. The summed E-state index contributed by atoms with van der Waals surface area (Å²) in [4.78, 5) is 36.8. The van der Waals surface area contributed by atoms with Crippen molar-refractivity contribution >= 4 is 49.9 Å². The average molecular weight is 396 g/mol. The lowest BCUT2D eigenvalue weighted by Gasteiger charge is -2.01. The second kappa shape index (κ2) is 5.82. The Morgan fingerprint density at radius 2 is 1.88 bits per heavy atom. The van der Waals surface area contributed by atoms with E-state index in [9.17, 15) is 14.4 Å². The number of ketones is 1. The Hall–Kier alpha value is -2.99. The van der Waals surface area contributed by atoms with Crippen molar-refractivity contribution in [3.05, 3.63) is 80.6 Å². The van der Waals surface area contributed by atoms with Gasteiger partial charge in [-0.25, -0.2) is 4.79 Å². The number of carbonyl (C=O) groups is 2. The number of carbonyl (C=O) groups excluding carboxylic acids is 2. The summed E-state index contributed by atoms with van der Waals surface area (Å²) < 4.78 is 5.96. The number of nitrogens with one attached hydrogen (secondary N) is 1. The second-order valence-electron chi connectivity index (χ2n) is 5.55. The SMILES string of the molecule is O=C1Nc2ccc(Br)cc2/C1=C\C(=O)c1cc2ccccc2oc1=O. The van der Waals surface area contributed by atoms with Gasteiger partial charge in [0.15, 0.2) is 5.78 Å². The fourth-order valence-corrected chi connectivity index (χ4v) is 3.11. The Kier molecular flexibility index (Phi) is 3.62. The highest BCUT2D eigenvalue weighted by Gasteiger charge is 2.26. The summed E-state index contributed by atoms with van der Waals surface area (Å²) in [6, 6.07) is 13.7. The largest absolute Gasteiger partial charge is 0.422 e. The summed E-state index contributed by atoms with van der Waals surface area (Å²) in [6.07, 6.45) is 1.18. The van der Waals surface area contributed by atoms with Gasteiger partial charge >= 0.3 is 5.63 Å². The van der Waals surface area contributed by atoms with Crippen LogP contribution in [0.5, 0.6) is 0 Å². The van der Waals surface area contributed by atoms with E-state index >= 15 is 0 Å². The van der Waals surface area contributed by atoms with Crippen LogP contribution in [0.3, 0.4) is 0 Å². The number of hydrogen-bond acceptors (Lipinski definition) is 4. The molecule has 1 N–H and O–H groups in total. The van der Waals surface area contributed by atoms with Gasteiger partial charge in [-0.2, -0.15) is 0 Å². The maximum Gasteiger partial charge on any atom is 0.347 e. The third-order valence-corrected chi connectivity index (χ3v) is 4.44. The van der Waals surface area contributed by atoms with Crippen molar-refractivity contribution in [3.63, 3.8) is 0 Å². The molecule has 3 aromatic rings. The van der Waals surface area contributed by atoms with Crippen molar-refractivity contribution in [2.75, 3.05) is 5.32 Å². The molecule has 0 radical (unpaired) electrons. The molecule has 6 heteroatoms. The standard InChI is InChI=1S/C19H10BrNO4/c20-11-5-6-15-12(8-11)13(18(23)21-15)9-16(22)14-7-10-3-1-2-4-17(10)25-19(14)24/h1-9H,(H,21,23)/b13-9+. The molecule has 0 aliphatic carbocycles. The minimum Gasteiger partial charge on any atom is -0.422 e. The van der Waals surface area contributed by atoms with Gasteiger partial charge in [0.25, 0.3) is 5.91 Å². The number of fused-ring (bicyclic) bond motifs is 2. The van der Waals surface area contributed by atoms with Crippen LogP contribution in [0.25, 0.3) is 16.5 Å². The molecule has 2 heterocycles. The topological polar surface area (TPSA) is 76.4 Å². The molecule has 0 bridgehead atoms. The van der Waals surface area contributed by atoms with Gasteiger partial charge in [0.2, 0.25) is 0 Å². The van der Waals surface area contributed by atoms with E-state index in [4.69, 9.17) is 4.42 Å². The number of hydrogen-bond donors (Lipinski definition) is 1. The zero-order valence-corrected chi connectivity index (χ0v) is 14.3. The lowest BCUT2D eigenvalue weighted by atomic mass is 10.0. The van der Waals surface area contributed by atoms with E-state index in [0.29, 0.717) is 22.2 Å². The van der Waals surface area contributed by atoms with E-state index in [2.05, 4.69) is 21.2 Å².